The third-order valence-corrected chi connectivity index (χ3v) is 3.16. The molecule has 1 aliphatic heterocycles. The van der Waals surface area contributed by atoms with Crippen LogP contribution in [0, 0.1) is 11.2 Å². The summed E-state index contributed by atoms with van der Waals surface area (Å²) < 4.78 is 18.2. The number of hydrogen-bond donors (Lipinski definition) is 2. The van der Waals surface area contributed by atoms with Crippen molar-refractivity contribution in [3.8, 4) is 0 Å². The summed E-state index contributed by atoms with van der Waals surface area (Å²) in [6, 6.07) is 6.54. The van der Waals surface area contributed by atoms with Gasteiger partial charge in [0.1, 0.15) is 5.82 Å². The van der Waals surface area contributed by atoms with Crippen molar-refractivity contribution in [2.45, 2.75) is 13.5 Å². The highest BCUT2D eigenvalue weighted by Gasteiger charge is 2.33. The Morgan fingerprint density at radius 3 is 2.79 bits per heavy atom. The van der Waals surface area contributed by atoms with Gasteiger partial charge in [0.05, 0.1) is 13.2 Å². The number of guanidine groups is 1. The molecule has 2 N–H and O–H groups in total. The van der Waals surface area contributed by atoms with Gasteiger partial charge in [-0.25, -0.2) is 4.39 Å². The first-order valence-electron chi connectivity index (χ1n) is 6.38. The van der Waals surface area contributed by atoms with Crippen LogP contribution in [-0.2, 0) is 11.3 Å². The van der Waals surface area contributed by atoms with Gasteiger partial charge < -0.3 is 15.4 Å². The van der Waals surface area contributed by atoms with Gasteiger partial charge in [0.2, 0.25) is 0 Å². The Kier molecular flexibility index (Phi) is 4.37. The van der Waals surface area contributed by atoms with Crippen LogP contribution in [0.1, 0.15) is 12.5 Å². The zero-order valence-corrected chi connectivity index (χ0v) is 11.4. The van der Waals surface area contributed by atoms with Gasteiger partial charge in [-0.05, 0) is 17.7 Å². The van der Waals surface area contributed by atoms with Crippen LogP contribution < -0.4 is 10.6 Å². The predicted octanol–water partition coefficient (Wildman–Crippen LogP) is 1.53. The van der Waals surface area contributed by atoms with Crippen LogP contribution in [0.4, 0.5) is 4.39 Å². The number of nitrogens with one attached hydrogen (secondary N) is 2. The molecule has 0 atom stereocenters. The minimum absolute atomic E-state index is 0.191. The molecule has 19 heavy (non-hydrogen) atoms. The lowest BCUT2D eigenvalue weighted by molar-refractivity contribution is -0.0971. The topological polar surface area (TPSA) is 45.7 Å². The maximum absolute atomic E-state index is 13.0. The molecule has 5 heteroatoms. The van der Waals surface area contributed by atoms with E-state index in [0.717, 1.165) is 31.3 Å². The summed E-state index contributed by atoms with van der Waals surface area (Å²) in [6.45, 7) is 5.09. The third kappa shape index (κ3) is 3.92. The molecule has 0 aromatic heterocycles. The van der Waals surface area contributed by atoms with Gasteiger partial charge >= 0.3 is 0 Å². The molecule has 1 fully saturated rings. The molecule has 0 amide bonds. The lowest BCUT2D eigenvalue weighted by atomic mass is 9.89. The van der Waals surface area contributed by atoms with Gasteiger partial charge in [-0.15, -0.1) is 0 Å². The molecule has 1 aliphatic rings. The van der Waals surface area contributed by atoms with Crippen molar-refractivity contribution in [3.05, 3.63) is 35.6 Å². The van der Waals surface area contributed by atoms with E-state index in [1.54, 1.807) is 13.1 Å². The second kappa shape index (κ2) is 6.02. The summed E-state index contributed by atoms with van der Waals surface area (Å²) in [5, 5.41) is 6.43. The van der Waals surface area contributed by atoms with E-state index >= 15 is 0 Å². The summed E-state index contributed by atoms with van der Waals surface area (Å²) in [5.74, 6) is 0.499. The maximum atomic E-state index is 13.0. The van der Waals surface area contributed by atoms with Crippen LogP contribution in [0.5, 0.6) is 0 Å². The van der Waals surface area contributed by atoms with Crippen molar-refractivity contribution in [1.82, 2.24) is 10.6 Å². The Balaban J connectivity index is 1.79. The van der Waals surface area contributed by atoms with Crippen LogP contribution in [0.15, 0.2) is 29.3 Å². The van der Waals surface area contributed by atoms with E-state index in [9.17, 15) is 4.39 Å². The molecule has 1 heterocycles. The average molecular weight is 265 g/mol. The van der Waals surface area contributed by atoms with Crippen LogP contribution in [0.2, 0.25) is 0 Å². The summed E-state index contributed by atoms with van der Waals surface area (Å²) in [4.78, 5) is 4.15. The zero-order chi connectivity index (χ0) is 13.7. The molecule has 1 aromatic rings. The second-order valence-electron chi connectivity index (χ2n) is 5.21. The van der Waals surface area contributed by atoms with E-state index in [4.69, 9.17) is 4.74 Å². The summed E-state index contributed by atoms with van der Waals surface area (Å²) >= 11 is 0. The second-order valence-corrected chi connectivity index (χ2v) is 5.21. The lowest BCUT2D eigenvalue weighted by Crippen LogP contribution is -2.50. The molecule has 2 rings (SSSR count). The molecule has 0 bridgehead atoms. The van der Waals surface area contributed by atoms with Gasteiger partial charge in [-0.1, -0.05) is 19.1 Å². The first-order valence-corrected chi connectivity index (χ1v) is 6.38. The van der Waals surface area contributed by atoms with E-state index in [2.05, 4.69) is 22.5 Å². The molecule has 1 saturated heterocycles. The SMILES string of the molecule is CN=C(NCc1cccc(F)c1)NCC1(C)COC1. The predicted molar refractivity (Wildman–Crippen MR) is 73.5 cm³/mol. The van der Waals surface area contributed by atoms with Crippen molar-refractivity contribution in [2.75, 3.05) is 26.8 Å². The van der Waals surface area contributed by atoms with Crippen molar-refractivity contribution >= 4 is 5.96 Å². The molecule has 0 radical (unpaired) electrons. The van der Waals surface area contributed by atoms with Gasteiger partial charge in [0.25, 0.3) is 0 Å². The largest absolute Gasteiger partial charge is 0.380 e. The van der Waals surface area contributed by atoms with E-state index in [1.807, 2.05) is 6.07 Å². The number of hydrogen-bond acceptors (Lipinski definition) is 2. The van der Waals surface area contributed by atoms with Crippen LogP contribution in [-0.4, -0.2) is 32.8 Å². The molecular weight excluding hydrogens is 245 g/mol. The van der Waals surface area contributed by atoms with Crippen LogP contribution in [0.3, 0.4) is 0 Å². The Morgan fingerprint density at radius 1 is 1.42 bits per heavy atom. The smallest absolute Gasteiger partial charge is 0.191 e. The first-order chi connectivity index (χ1) is 9.11. The van der Waals surface area contributed by atoms with Gasteiger partial charge in [0.15, 0.2) is 5.96 Å². The fraction of sp³-hybridized carbons (Fsp3) is 0.500. The molecule has 1 aromatic carbocycles. The van der Waals surface area contributed by atoms with Crippen molar-refractivity contribution in [2.24, 2.45) is 10.4 Å². The minimum atomic E-state index is -0.221. The number of rotatable bonds is 4. The summed E-state index contributed by atoms with van der Waals surface area (Å²) in [6.07, 6.45) is 0. The monoisotopic (exact) mass is 265 g/mol. The molecule has 0 aliphatic carbocycles. The Labute approximate surface area is 113 Å². The molecule has 104 valence electrons. The highest BCUT2D eigenvalue weighted by atomic mass is 19.1. The Morgan fingerprint density at radius 2 is 2.21 bits per heavy atom. The van der Waals surface area contributed by atoms with Crippen LogP contribution in [0.25, 0.3) is 0 Å². The van der Waals surface area contributed by atoms with Crippen molar-refractivity contribution in [1.29, 1.82) is 0 Å². The standard InChI is InChI=1S/C14H20FN3O/c1-14(9-19-10-14)8-18-13(16-2)17-7-11-4-3-5-12(15)6-11/h3-6H,7-10H2,1-2H3,(H2,16,17,18). The van der Waals surface area contributed by atoms with E-state index in [-0.39, 0.29) is 11.2 Å². The first kappa shape index (κ1) is 13.8. The molecule has 0 spiro atoms. The fourth-order valence-electron chi connectivity index (χ4n) is 1.90. The van der Waals surface area contributed by atoms with Crippen LogP contribution >= 0.6 is 0 Å². The van der Waals surface area contributed by atoms with Crippen molar-refractivity contribution < 1.29 is 9.13 Å². The maximum Gasteiger partial charge on any atom is 0.191 e. The molecular formula is C14H20FN3O. The average Bonchev–Trinajstić information content (AvgIpc) is 2.37. The quantitative estimate of drug-likeness (QED) is 0.641. The van der Waals surface area contributed by atoms with E-state index < -0.39 is 0 Å². The van der Waals surface area contributed by atoms with Crippen molar-refractivity contribution in [3.63, 3.8) is 0 Å². The van der Waals surface area contributed by atoms with E-state index in [0.29, 0.717) is 6.54 Å². The Bertz CT molecular complexity index is 458. The third-order valence-electron chi connectivity index (χ3n) is 3.16. The molecule has 0 unspecified atom stereocenters. The number of benzene rings is 1. The molecule has 0 saturated carbocycles. The number of halogens is 1. The number of aliphatic imine (C=N–C) groups is 1. The highest BCUT2D eigenvalue weighted by molar-refractivity contribution is 5.79. The number of ether oxygens (including phenoxy) is 1. The zero-order valence-electron chi connectivity index (χ0n) is 11.4. The van der Waals surface area contributed by atoms with Gasteiger partial charge in [-0.2, -0.15) is 0 Å². The number of nitrogens with zero attached hydrogens (tertiary/aromatic N) is 1. The van der Waals surface area contributed by atoms with Gasteiger partial charge in [-0.3, -0.25) is 4.99 Å². The fourth-order valence-corrected chi connectivity index (χ4v) is 1.90. The highest BCUT2D eigenvalue weighted by Crippen LogP contribution is 2.24. The normalized spacial score (nSPS) is 17.7. The van der Waals surface area contributed by atoms with Gasteiger partial charge in [0, 0.05) is 25.6 Å². The summed E-state index contributed by atoms with van der Waals surface area (Å²) in [7, 11) is 1.72. The minimum Gasteiger partial charge on any atom is -0.380 e. The lowest BCUT2D eigenvalue weighted by Gasteiger charge is -2.38. The molecule has 4 nitrogen and oxygen atoms in total. The Hall–Kier alpha value is -1.62. The summed E-state index contributed by atoms with van der Waals surface area (Å²) in [5.41, 5.74) is 1.08. The van der Waals surface area contributed by atoms with E-state index in [1.165, 1.54) is 12.1 Å².